The minimum Gasteiger partial charge on any atom is -0.385 e. The lowest BCUT2D eigenvalue weighted by molar-refractivity contribution is 0.00596. The van der Waals surface area contributed by atoms with E-state index in [0.717, 1.165) is 24.8 Å². The number of hydrogen-bond donors (Lipinski definition) is 1. The van der Waals surface area contributed by atoms with Crippen LogP contribution in [-0.4, -0.2) is 5.11 Å². The van der Waals surface area contributed by atoms with Crippen molar-refractivity contribution in [2.75, 3.05) is 0 Å². The van der Waals surface area contributed by atoms with Crippen LogP contribution < -0.4 is 0 Å². The third-order valence-corrected chi connectivity index (χ3v) is 2.72. The molecule has 1 aromatic carbocycles. The van der Waals surface area contributed by atoms with E-state index < -0.39 is 5.60 Å². The van der Waals surface area contributed by atoms with E-state index in [4.69, 9.17) is 0 Å². The summed E-state index contributed by atoms with van der Waals surface area (Å²) in [6.45, 7) is 6.43. The summed E-state index contributed by atoms with van der Waals surface area (Å²) in [7, 11) is 0. The van der Waals surface area contributed by atoms with Crippen molar-refractivity contribution >= 4 is 0 Å². The van der Waals surface area contributed by atoms with Crippen molar-refractivity contribution in [3.63, 3.8) is 0 Å². The molecule has 0 aromatic heterocycles. The summed E-state index contributed by atoms with van der Waals surface area (Å²) >= 11 is 0. The number of rotatable bonds is 5. The molecular formula is C14H22O. The second-order valence-electron chi connectivity index (χ2n) is 4.75. The van der Waals surface area contributed by atoms with Crippen LogP contribution in [0.2, 0.25) is 0 Å². The topological polar surface area (TPSA) is 20.2 Å². The highest BCUT2D eigenvalue weighted by molar-refractivity contribution is 5.22. The van der Waals surface area contributed by atoms with Gasteiger partial charge in [0.15, 0.2) is 0 Å². The van der Waals surface area contributed by atoms with Gasteiger partial charge in [0.25, 0.3) is 0 Å². The molecule has 1 N–H and O–H groups in total. The van der Waals surface area contributed by atoms with E-state index in [0.29, 0.717) is 5.92 Å². The Bertz CT molecular complexity index is 279. The maximum absolute atomic E-state index is 10.7. The van der Waals surface area contributed by atoms with Crippen molar-refractivity contribution < 1.29 is 5.11 Å². The number of aliphatic hydroxyl groups is 1. The number of hydrogen-bond acceptors (Lipinski definition) is 1. The minimum atomic E-state index is -0.635. The largest absolute Gasteiger partial charge is 0.385 e. The van der Waals surface area contributed by atoms with E-state index >= 15 is 0 Å². The van der Waals surface area contributed by atoms with E-state index in [9.17, 15) is 5.11 Å². The molecule has 1 rings (SSSR count). The van der Waals surface area contributed by atoms with E-state index in [2.05, 4.69) is 20.8 Å². The fourth-order valence-electron chi connectivity index (χ4n) is 2.20. The van der Waals surface area contributed by atoms with Crippen molar-refractivity contribution in [3.8, 4) is 0 Å². The predicted octanol–water partition coefficient (Wildman–Crippen LogP) is 3.72. The monoisotopic (exact) mass is 206 g/mol. The first-order valence-corrected chi connectivity index (χ1v) is 5.86. The lowest BCUT2D eigenvalue weighted by atomic mass is 9.82. The highest BCUT2D eigenvalue weighted by atomic mass is 16.3. The molecule has 0 amide bonds. The Balaban J connectivity index is 2.90. The first-order chi connectivity index (χ1) is 7.08. The van der Waals surface area contributed by atoms with Gasteiger partial charge in [-0.1, -0.05) is 57.5 Å². The molecule has 1 unspecified atom stereocenters. The Hall–Kier alpha value is -0.820. The molecule has 0 aliphatic heterocycles. The van der Waals surface area contributed by atoms with Gasteiger partial charge in [-0.25, -0.2) is 0 Å². The molecule has 1 atom stereocenters. The molecule has 0 spiro atoms. The molecular weight excluding hydrogens is 184 g/mol. The zero-order valence-electron chi connectivity index (χ0n) is 10.0. The molecule has 0 bridgehead atoms. The van der Waals surface area contributed by atoms with Gasteiger partial charge in [-0.05, 0) is 24.3 Å². The second-order valence-corrected chi connectivity index (χ2v) is 4.75. The third-order valence-electron chi connectivity index (χ3n) is 2.72. The average molecular weight is 206 g/mol. The van der Waals surface area contributed by atoms with Gasteiger partial charge in [0.2, 0.25) is 0 Å². The predicted molar refractivity (Wildman–Crippen MR) is 64.7 cm³/mol. The summed E-state index contributed by atoms with van der Waals surface area (Å²) in [5, 5.41) is 10.7. The average Bonchev–Trinajstić information content (AvgIpc) is 2.18. The van der Waals surface area contributed by atoms with Crippen molar-refractivity contribution in [1.82, 2.24) is 0 Å². The molecule has 84 valence electrons. The van der Waals surface area contributed by atoms with Gasteiger partial charge in [0.1, 0.15) is 0 Å². The van der Waals surface area contributed by atoms with E-state index in [-0.39, 0.29) is 0 Å². The summed E-state index contributed by atoms with van der Waals surface area (Å²) in [6.07, 6.45) is 2.69. The molecule has 1 aromatic rings. The van der Waals surface area contributed by atoms with Crippen LogP contribution in [0.1, 0.15) is 45.6 Å². The molecule has 0 aliphatic carbocycles. The van der Waals surface area contributed by atoms with Crippen LogP contribution in [0, 0.1) is 5.92 Å². The molecule has 1 nitrogen and oxygen atoms in total. The summed E-state index contributed by atoms with van der Waals surface area (Å²) in [4.78, 5) is 0. The summed E-state index contributed by atoms with van der Waals surface area (Å²) in [5.41, 5.74) is 0.421. The van der Waals surface area contributed by atoms with Gasteiger partial charge < -0.3 is 5.11 Å². The van der Waals surface area contributed by atoms with E-state index in [1.54, 1.807) is 0 Å². The molecule has 0 saturated carbocycles. The van der Waals surface area contributed by atoms with E-state index in [1.807, 2.05) is 30.3 Å². The van der Waals surface area contributed by atoms with Gasteiger partial charge in [0, 0.05) is 0 Å². The van der Waals surface area contributed by atoms with Crippen molar-refractivity contribution in [1.29, 1.82) is 0 Å². The highest BCUT2D eigenvalue weighted by Gasteiger charge is 2.28. The zero-order chi connectivity index (χ0) is 11.3. The van der Waals surface area contributed by atoms with Crippen LogP contribution in [0.5, 0.6) is 0 Å². The summed E-state index contributed by atoms with van der Waals surface area (Å²) < 4.78 is 0. The Morgan fingerprint density at radius 3 is 2.27 bits per heavy atom. The minimum absolute atomic E-state index is 0.516. The highest BCUT2D eigenvalue weighted by Crippen LogP contribution is 2.32. The van der Waals surface area contributed by atoms with Crippen LogP contribution in [0.15, 0.2) is 30.3 Å². The first-order valence-electron chi connectivity index (χ1n) is 5.86. The molecule has 0 aliphatic rings. The standard InChI is InChI=1S/C14H22O/c1-4-10-14(15,11-12(2)3)13-8-6-5-7-9-13/h5-9,12,15H,4,10-11H2,1-3H3. The lowest BCUT2D eigenvalue weighted by Gasteiger charge is -2.30. The quantitative estimate of drug-likeness (QED) is 0.778. The molecule has 0 heterocycles. The van der Waals surface area contributed by atoms with Crippen LogP contribution in [0.25, 0.3) is 0 Å². The molecule has 0 radical (unpaired) electrons. The Kier molecular flexibility index (Phi) is 4.34. The number of benzene rings is 1. The summed E-state index contributed by atoms with van der Waals surface area (Å²) in [5.74, 6) is 0.516. The second kappa shape index (κ2) is 5.32. The van der Waals surface area contributed by atoms with E-state index in [1.165, 1.54) is 0 Å². The van der Waals surface area contributed by atoms with Crippen LogP contribution >= 0.6 is 0 Å². The van der Waals surface area contributed by atoms with Crippen LogP contribution in [0.4, 0.5) is 0 Å². The van der Waals surface area contributed by atoms with Crippen LogP contribution in [-0.2, 0) is 5.60 Å². The molecule has 1 heteroatoms. The fraction of sp³-hybridized carbons (Fsp3) is 0.571. The third kappa shape index (κ3) is 3.35. The normalized spacial score (nSPS) is 15.3. The van der Waals surface area contributed by atoms with Gasteiger partial charge >= 0.3 is 0 Å². The van der Waals surface area contributed by atoms with Gasteiger partial charge in [-0.2, -0.15) is 0 Å². The van der Waals surface area contributed by atoms with Gasteiger partial charge in [0.05, 0.1) is 5.60 Å². The summed E-state index contributed by atoms with van der Waals surface area (Å²) in [6, 6.07) is 10.0. The molecule has 15 heavy (non-hydrogen) atoms. The lowest BCUT2D eigenvalue weighted by Crippen LogP contribution is -2.27. The maximum atomic E-state index is 10.7. The molecule has 0 fully saturated rings. The fourth-order valence-corrected chi connectivity index (χ4v) is 2.20. The van der Waals surface area contributed by atoms with Crippen molar-refractivity contribution in [3.05, 3.63) is 35.9 Å². The Morgan fingerprint density at radius 1 is 1.20 bits per heavy atom. The van der Waals surface area contributed by atoms with Gasteiger partial charge in [-0.15, -0.1) is 0 Å². The Morgan fingerprint density at radius 2 is 1.80 bits per heavy atom. The molecule has 0 saturated heterocycles. The van der Waals surface area contributed by atoms with Gasteiger partial charge in [-0.3, -0.25) is 0 Å². The SMILES string of the molecule is CCCC(O)(CC(C)C)c1ccccc1. The zero-order valence-corrected chi connectivity index (χ0v) is 10.0. The van der Waals surface area contributed by atoms with Crippen molar-refractivity contribution in [2.24, 2.45) is 5.92 Å². The van der Waals surface area contributed by atoms with Crippen molar-refractivity contribution in [2.45, 2.75) is 45.6 Å². The van der Waals surface area contributed by atoms with Crippen LogP contribution in [0.3, 0.4) is 0 Å². The Labute approximate surface area is 93.1 Å². The maximum Gasteiger partial charge on any atom is 0.0898 e. The smallest absolute Gasteiger partial charge is 0.0898 e. The first kappa shape index (κ1) is 12.3.